The van der Waals surface area contributed by atoms with Gasteiger partial charge in [0.05, 0.1) is 11.7 Å². The number of carboxylic acids is 1. The van der Waals surface area contributed by atoms with Gasteiger partial charge in [-0.2, -0.15) is 0 Å². The second-order valence-electron chi connectivity index (χ2n) is 7.30. The van der Waals surface area contributed by atoms with Crippen LogP contribution in [0.25, 0.3) is 0 Å². The molecule has 0 amide bonds. The Balaban J connectivity index is 1.35. The lowest BCUT2D eigenvalue weighted by Gasteiger charge is -2.33. The van der Waals surface area contributed by atoms with Gasteiger partial charge in [0.15, 0.2) is 0 Å². The molecule has 5 heteroatoms. The minimum atomic E-state index is -0.890. The Morgan fingerprint density at radius 2 is 1.74 bits per heavy atom. The van der Waals surface area contributed by atoms with Crippen molar-refractivity contribution < 1.29 is 15.0 Å². The van der Waals surface area contributed by atoms with Gasteiger partial charge < -0.3 is 20.4 Å². The van der Waals surface area contributed by atoms with Crippen LogP contribution >= 0.6 is 0 Å². The number of rotatable bonds is 8. The zero-order valence-electron chi connectivity index (χ0n) is 15.6. The van der Waals surface area contributed by atoms with Crippen LogP contribution in [-0.2, 0) is 6.54 Å². The van der Waals surface area contributed by atoms with Crippen molar-refractivity contribution in [3.05, 3.63) is 71.3 Å². The maximum atomic E-state index is 10.9. The molecule has 5 nitrogen and oxygen atoms in total. The summed E-state index contributed by atoms with van der Waals surface area (Å²) < 4.78 is 0. The van der Waals surface area contributed by atoms with Crippen LogP contribution in [0.5, 0.6) is 0 Å². The van der Waals surface area contributed by atoms with E-state index in [1.165, 1.54) is 0 Å². The summed E-state index contributed by atoms with van der Waals surface area (Å²) in [6.07, 6.45) is 1.84. The Morgan fingerprint density at radius 3 is 2.37 bits per heavy atom. The number of likely N-dealkylation sites (tertiary alicyclic amines) is 1. The minimum Gasteiger partial charge on any atom is -0.478 e. The fourth-order valence-electron chi connectivity index (χ4n) is 3.58. The van der Waals surface area contributed by atoms with Gasteiger partial charge in [-0.05, 0) is 61.7 Å². The Morgan fingerprint density at radius 1 is 1.07 bits per heavy atom. The van der Waals surface area contributed by atoms with Gasteiger partial charge in [-0.15, -0.1) is 0 Å². The Labute approximate surface area is 160 Å². The smallest absolute Gasteiger partial charge is 0.335 e. The summed E-state index contributed by atoms with van der Waals surface area (Å²) >= 11 is 0. The first-order chi connectivity index (χ1) is 13.1. The quantitative estimate of drug-likeness (QED) is 0.668. The second-order valence-corrected chi connectivity index (χ2v) is 7.30. The summed E-state index contributed by atoms with van der Waals surface area (Å²) in [5.41, 5.74) is 2.41. The van der Waals surface area contributed by atoms with Gasteiger partial charge >= 0.3 is 5.97 Å². The van der Waals surface area contributed by atoms with E-state index in [0.29, 0.717) is 18.0 Å². The highest BCUT2D eigenvalue weighted by Gasteiger charge is 2.21. The van der Waals surface area contributed by atoms with Crippen molar-refractivity contribution >= 4 is 5.97 Å². The lowest BCUT2D eigenvalue weighted by Crippen LogP contribution is -2.39. The van der Waals surface area contributed by atoms with Crippen molar-refractivity contribution in [2.24, 2.45) is 5.92 Å². The monoisotopic (exact) mass is 368 g/mol. The number of hydrogen-bond donors (Lipinski definition) is 3. The molecule has 2 aromatic rings. The van der Waals surface area contributed by atoms with E-state index in [1.54, 1.807) is 12.1 Å². The van der Waals surface area contributed by atoms with Gasteiger partial charge in [-0.3, -0.25) is 0 Å². The summed E-state index contributed by atoms with van der Waals surface area (Å²) in [6, 6.07) is 16.9. The number of hydrogen-bond acceptors (Lipinski definition) is 4. The zero-order valence-corrected chi connectivity index (χ0v) is 15.6. The van der Waals surface area contributed by atoms with Gasteiger partial charge in [0, 0.05) is 13.1 Å². The molecule has 1 heterocycles. The predicted octanol–water partition coefficient (Wildman–Crippen LogP) is 2.92. The molecule has 1 aliphatic heterocycles. The molecular formula is C22H28N2O3. The van der Waals surface area contributed by atoms with Gasteiger partial charge in [0.2, 0.25) is 0 Å². The number of carboxylic acid groups (broad SMARTS) is 1. The molecule has 3 N–H and O–H groups in total. The summed E-state index contributed by atoms with van der Waals surface area (Å²) in [4.78, 5) is 13.2. The summed E-state index contributed by atoms with van der Waals surface area (Å²) in [6.45, 7) is 4.45. The lowest BCUT2D eigenvalue weighted by molar-refractivity contribution is 0.0697. The first-order valence-corrected chi connectivity index (χ1v) is 9.60. The number of β-amino-alcohol motifs (C(OH)–C–C–N with tert-alkyl or cyclic N) is 1. The van der Waals surface area contributed by atoms with Crippen LogP contribution in [0.2, 0.25) is 0 Å². The second kappa shape index (κ2) is 9.65. The van der Waals surface area contributed by atoms with Gasteiger partial charge in [-0.25, -0.2) is 4.79 Å². The molecule has 0 bridgehead atoms. The van der Waals surface area contributed by atoms with E-state index in [1.807, 2.05) is 42.5 Å². The van der Waals surface area contributed by atoms with Crippen LogP contribution < -0.4 is 5.32 Å². The third kappa shape index (κ3) is 5.89. The molecule has 144 valence electrons. The highest BCUT2D eigenvalue weighted by molar-refractivity contribution is 5.87. The first kappa shape index (κ1) is 19.5. The summed E-state index contributed by atoms with van der Waals surface area (Å²) in [5, 5.41) is 22.8. The fraction of sp³-hybridized carbons (Fsp3) is 0.409. The maximum Gasteiger partial charge on any atom is 0.335 e. The first-order valence-electron chi connectivity index (χ1n) is 9.60. The standard InChI is InChI=1S/C22H28N2O3/c25-21(19-4-2-1-3-5-19)16-24-12-10-18(11-13-24)15-23-14-17-6-8-20(9-7-17)22(26)27/h1-9,18,21,23,25H,10-16H2,(H,26,27). The number of carbonyl (C=O) groups is 1. The topological polar surface area (TPSA) is 72.8 Å². The van der Waals surface area contributed by atoms with Crippen LogP contribution in [0.15, 0.2) is 54.6 Å². The number of aromatic carboxylic acids is 1. The molecule has 1 aliphatic rings. The normalized spacial score (nSPS) is 16.9. The van der Waals surface area contributed by atoms with Crippen molar-refractivity contribution in [2.45, 2.75) is 25.5 Å². The van der Waals surface area contributed by atoms with Crippen LogP contribution in [0, 0.1) is 5.92 Å². The molecule has 0 aliphatic carbocycles. The van der Waals surface area contributed by atoms with Gasteiger partial charge in [0.1, 0.15) is 0 Å². The number of piperidine rings is 1. The van der Waals surface area contributed by atoms with Crippen LogP contribution in [0.3, 0.4) is 0 Å². The largest absolute Gasteiger partial charge is 0.478 e. The van der Waals surface area contributed by atoms with Crippen molar-refractivity contribution in [3.63, 3.8) is 0 Å². The van der Waals surface area contributed by atoms with E-state index < -0.39 is 12.1 Å². The number of nitrogens with zero attached hydrogens (tertiary/aromatic N) is 1. The molecule has 1 unspecified atom stereocenters. The molecule has 1 atom stereocenters. The van der Waals surface area contributed by atoms with Crippen LogP contribution in [-0.4, -0.2) is 47.3 Å². The Bertz CT molecular complexity index is 710. The van der Waals surface area contributed by atoms with E-state index in [-0.39, 0.29) is 0 Å². The van der Waals surface area contributed by atoms with Crippen LogP contribution in [0.1, 0.15) is 40.4 Å². The third-order valence-electron chi connectivity index (χ3n) is 5.29. The maximum absolute atomic E-state index is 10.9. The minimum absolute atomic E-state index is 0.323. The average Bonchev–Trinajstić information content (AvgIpc) is 2.70. The van der Waals surface area contributed by atoms with Crippen molar-refractivity contribution in [1.29, 1.82) is 0 Å². The van der Waals surface area contributed by atoms with E-state index in [2.05, 4.69) is 10.2 Å². The lowest BCUT2D eigenvalue weighted by atomic mass is 9.96. The number of aliphatic hydroxyl groups is 1. The SMILES string of the molecule is O=C(O)c1ccc(CNCC2CCN(CC(O)c3ccccc3)CC2)cc1. The van der Waals surface area contributed by atoms with Crippen molar-refractivity contribution in [1.82, 2.24) is 10.2 Å². The van der Waals surface area contributed by atoms with E-state index in [9.17, 15) is 9.90 Å². The molecule has 0 saturated carbocycles. The average molecular weight is 368 g/mol. The molecule has 0 aromatic heterocycles. The molecule has 1 fully saturated rings. The molecule has 3 rings (SSSR count). The van der Waals surface area contributed by atoms with Crippen molar-refractivity contribution in [3.8, 4) is 0 Å². The Kier molecular flexibility index (Phi) is 6.98. The molecule has 27 heavy (non-hydrogen) atoms. The third-order valence-corrected chi connectivity index (χ3v) is 5.29. The molecule has 1 saturated heterocycles. The zero-order chi connectivity index (χ0) is 19.1. The number of aliphatic hydroxyl groups excluding tert-OH is 1. The van der Waals surface area contributed by atoms with Crippen LogP contribution in [0.4, 0.5) is 0 Å². The molecule has 2 aromatic carbocycles. The molecular weight excluding hydrogens is 340 g/mol. The highest BCUT2D eigenvalue weighted by atomic mass is 16.4. The van der Waals surface area contributed by atoms with Crippen molar-refractivity contribution in [2.75, 3.05) is 26.2 Å². The number of nitrogens with one attached hydrogen (secondary N) is 1. The molecule has 0 radical (unpaired) electrons. The van der Waals surface area contributed by atoms with Gasteiger partial charge in [0.25, 0.3) is 0 Å². The molecule has 0 spiro atoms. The summed E-state index contributed by atoms with van der Waals surface area (Å²) in [5.74, 6) is -0.243. The highest BCUT2D eigenvalue weighted by Crippen LogP contribution is 2.20. The van der Waals surface area contributed by atoms with E-state index in [4.69, 9.17) is 5.11 Å². The number of benzene rings is 2. The predicted molar refractivity (Wildman–Crippen MR) is 106 cm³/mol. The fourth-order valence-corrected chi connectivity index (χ4v) is 3.58. The summed E-state index contributed by atoms with van der Waals surface area (Å²) in [7, 11) is 0. The Hall–Kier alpha value is -2.21. The van der Waals surface area contributed by atoms with E-state index >= 15 is 0 Å². The van der Waals surface area contributed by atoms with E-state index in [0.717, 1.165) is 50.1 Å². The van der Waals surface area contributed by atoms with Gasteiger partial charge in [-0.1, -0.05) is 42.5 Å².